The number of carboxylic acid groups (broad SMARTS) is 1. The van der Waals surface area contributed by atoms with Gasteiger partial charge in [-0.15, -0.1) is 0 Å². The zero-order valence-corrected chi connectivity index (χ0v) is 11.0. The van der Waals surface area contributed by atoms with E-state index >= 15 is 0 Å². The number of nitrogens with zero attached hydrogens (tertiary/aromatic N) is 1. The Morgan fingerprint density at radius 1 is 1.35 bits per heavy atom. The summed E-state index contributed by atoms with van der Waals surface area (Å²) in [4.78, 5) is 32.1. The molecular formula is C13H16N2O5. The molecule has 7 heteroatoms. The fraction of sp³-hybridized carbons (Fsp3) is 0.385. The lowest BCUT2D eigenvalue weighted by Gasteiger charge is -2.12. The molecule has 7 nitrogen and oxygen atoms in total. The monoisotopic (exact) mass is 280 g/mol. The van der Waals surface area contributed by atoms with Crippen molar-refractivity contribution in [3.8, 4) is 0 Å². The van der Waals surface area contributed by atoms with Crippen LogP contribution in [0.3, 0.4) is 0 Å². The third-order valence-corrected chi connectivity index (χ3v) is 2.71. The Labute approximate surface area is 115 Å². The molecule has 0 aliphatic rings. The fourth-order valence-electron chi connectivity index (χ4n) is 1.66. The molecule has 0 saturated heterocycles. The number of carboxylic acids is 1. The van der Waals surface area contributed by atoms with E-state index in [0.717, 1.165) is 0 Å². The van der Waals surface area contributed by atoms with E-state index in [2.05, 4.69) is 5.32 Å². The van der Waals surface area contributed by atoms with Crippen LogP contribution in [-0.2, 0) is 16.0 Å². The summed E-state index contributed by atoms with van der Waals surface area (Å²) in [7, 11) is 0. The highest BCUT2D eigenvalue weighted by Gasteiger charge is 2.11. The molecule has 0 spiro atoms. The van der Waals surface area contributed by atoms with Crippen LogP contribution in [0.2, 0.25) is 0 Å². The molecule has 0 aliphatic carbocycles. The topological polar surface area (TPSA) is 110 Å². The number of benzene rings is 1. The van der Waals surface area contributed by atoms with Crippen LogP contribution < -0.4 is 5.32 Å². The highest BCUT2D eigenvalue weighted by Crippen LogP contribution is 2.12. The van der Waals surface area contributed by atoms with E-state index in [1.807, 2.05) is 0 Å². The van der Waals surface area contributed by atoms with Crippen LogP contribution in [0.25, 0.3) is 0 Å². The lowest BCUT2D eigenvalue weighted by atomic mass is 10.1. The number of nitro groups is 1. The van der Waals surface area contributed by atoms with Gasteiger partial charge < -0.3 is 10.4 Å². The van der Waals surface area contributed by atoms with E-state index in [1.165, 1.54) is 24.3 Å². The first-order chi connectivity index (χ1) is 9.38. The molecular weight excluding hydrogens is 264 g/mol. The summed E-state index contributed by atoms with van der Waals surface area (Å²) in [5.74, 6) is -1.14. The Balaban J connectivity index is 2.45. The van der Waals surface area contributed by atoms with Gasteiger partial charge in [-0.3, -0.25) is 19.7 Å². The van der Waals surface area contributed by atoms with Gasteiger partial charge in [0.2, 0.25) is 5.91 Å². The Bertz CT molecular complexity index is 498. The smallest absolute Gasteiger partial charge is 0.303 e. The van der Waals surface area contributed by atoms with Gasteiger partial charge in [0.25, 0.3) is 5.69 Å². The molecule has 1 unspecified atom stereocenters. The third kappa shape index (κ3) is 5.47. The summed E-state index contributed by atoms with van der Waals surface area (Å²) in [5, 5.41) is 21.7. The van der Waals surface area contributed by atoms with E-state index in [1.54, 1.807) is 6.92 Å². The Morgan fingerprint density at radius 2 is 1.95 bits per heavy atom. The van der Waals surface area contributed by atoms with Crippen LogP contribution in [-0.4, -0.2) is 27.9 Å². The average molecular weight is 280 g/mol. The van der Waals surface area contributed by atoms with Crippen LogP contribution >= 0.6 is 0 Å². The Kier molecular flexibility index (Phi) is 5.64. The lowest BCUT2D eigenvalue weighted by Crippen LogP contribution is -2.34. The minimum atomic E-state index is -0.901. The van der Waals surface area contributed by atoms with E-state index in [4.69, 9.17) is 5.11 Å². The number of nitro benzene ring substituents is 1. The molecule has 1 rings (SSSR count). The van der Waals surface area contributed by atoms with Crippen molar-refractivity contribution in [1.29, 1.82) is 0 Å². The number of carbonyl (C=O) groups is 2. The number of non-ortho nitro benzene ring substituents is 1. The van der Waals surface area contributed by atoms with Crippen molar-refractivity contribution in [1.82, 2.24) is 5.32 Å². The largest absolute Gasteiger partial charge is 0.481 e. The molecule has 0 aliphatic heterocycles. The molecule has 0 aromatic heterocycles. The first-order valence-electron chi connectivity index (χ1n) is 6.13. The van der Waals surface area contributed by atoms with Crippen LogP contribution in [0, 0.1) is 10.1 Å². The van der Waals surface area contributed by atoms with Gasteiger partial charge in [-0.05, 0) is 18.9 Å². The Hall–Kier alpha value is -2.44. The van der Waals surface area contributed by atoms with Crippen LogP contribution in [0.1, 0.15) is 25.3 Å². The molecule has 1 aromatic carbocycles. The van der Waals surface area contributed by atoms with Gasteiger partial charge in [0.05, 0.1) is 11.3 Å². The van der Waals surface area contributed by atoms with Crippen LogP contribution in [0.5, 0.6) is 0 Å². The number of nitrogens with one attached hydrogen (secondary N) is 1. The van der Waals surface area contributed by atoms with Crippen molar-refractivity contribution in [3.05, 3.63) is 39.9 Å². The summed E-state index contributed by atoms with van der Waals surface area (Å²) in [5.41, 5.74) is 0.641. The van der Waals surface area contributed by atoms with E-state index in [-0.39, 0.29) is 30.5 Å². The second-order valence-corrected chi connectivity index (χ2v) is 4.50. The predicted molar refractivity (Wildman–Crippen MR) is 71.3 cm³/mol. The van der Waals surface area contributed by atoms with Crippen molar-refractivity contribution in [3.63, 3.8) is 0 Å². The second kappa shape index (κ2) is 7.22. The predicted octanol–water partition coefficient (Wildman–Crippen LogP) is 1.51. The fourth-order valence-corrected chi connectivity index (χ4v) is 1.66. The van der Waals surface area contributed by atoms with Crippen molar-refractivity contribution >= 4 is 17.6 Å². The first kappa shape index (κ1) is 15.6. The van der Waals surface area contributed by atoms with Crippen LogP contribution in [0.15, 0.2) is 24.3 Å². The molecule has 2 N–H and O–H groups in total. The maximum absolute atomic E-state index is 11.7. The molecule has 0 saturated carbocycles. The van der Waals surface area contributed by atoms with E-state index in [0.29, 0.717) is 12.0 Å². The maximum Gasteiger partial charge on any atom is 0.303 e. The van der Waals surface area contributed by atoms with Gasteiger partial charge in [-0.2, -0.15) is 0 Å². The minimum Gasteiger partial charge on any atom is -0.481 e. The minimum absolute atomic E-state index is 0.00101. The highest BCUT2D eigenvalue weighted by molar-refractivity contribution is 5.79. The number of hydrogen-bond acceptors (Lipinski definition) is 4. The number of hydrogen-bond donors (Lipinski definition) is 2. The summed E-state index contributed by atoms with van der Waals surface area (Å²) < 4.78 is 0. The molecule has 1 atom stereocenters. The van der Waals surface area contributed by atoms with E-state index < -0.39 is 10.9 Å². The van der Waals surface area contributed by atoms with Gasteiger partial charge in [-0.1, -0.05) is 12.1 Å². The standard InChI is InChI=1S/C13H16N2O5/c1-9(2-7-13(17)18)14-12(16)8-10-3-5-11(6-4-10)15(19)20/h3-6,9H,2,7-8H2,1H3,(H,14,16)(H,17,18). The Morgan fingerprint density at radius 3 is 2.45 bits per heavy atom. The van der Waals surface area contributed by atoms with Crippen molar-refractivity contribution in [2.75, 3.05) is 0 Å². The summed E-state index contributed by atoms with van der Waals surface area (Å²) in [6.07, 6.45) is 0.468. The summed E-state index contributed by atoms with van der Waals surface area (Å²) in [6, 6.07) is 5.52. The van der Waals surface area contributed by atoms with Gasteiger partial charge in [-0.25, -0.2) is 0 Å². The molecule has 0 bridgehead atoms. The maximum atomic E-state index is 11.7. The molecule has 0 radical (unpaired) electrons. The molecule has 0 fully saturated rings. The van der Waals surface area contributed by atoms with E-state index in [9.17, 15) is 19.7 Å². The number of rotatable bonds is 7. The highest BCUT2D eigenvalue weighted by atomic mass is 16.6. The number of amides is 1. The second-order valence-electron chi connectivity index (χ2n) is 4.50. The summed E-state index contributed by atoms with van der Waals surface area (Å²) >= 11 is 0. The van der Waals surface area contributed by atoms with Gasteiger partial charge in [0.15, 0.2) is 0 Å². The van der Waals surface area contributed by atoms with Gasteiger partial charge >= 0.3 is 5.97 Å². The third-order valence-electron chi connectivity index (χ3n) is 2.71. The molecule has 1 aromatic rings. The molecule has 108 valence electrons. The average Bonchev–Trinajstić information content (AvgIpc) is 2.36. The van der Waals surface area contributed by atoms with Crippen molar-refractivity contribution < 1.29 is 19.6 Å². The molecule has 1 amide bonds. The molecule has 0 heterocycles. The zero-order valence-electron chi connectivity index (χ0n) is 11.0. The number of aliphatic carboxylic acids is 1. The normalized spacial score (nSPS) is 11.7. The lowest BCUT2D eigenvalue weighted by molar-refractivity contribution is -0.384. The van der Waals surface area contributed by atoms with Crippen molar-refractivity contribution in [2.24, 2.45) is 0 Å². The number of carbonyl (C=O) groups excluding carboxylic acids is 1. The summed E-state index contributed by atoms with van der Waals surface area (Å²) in [6.45, 7) is 1.73. The SMILES string of the molecule is CC(CCC(=O)O)NC(=O)Cc1ccc([N+](=O)[O-])cc1. The quantitative estimate of drug-likeness (QED) is 0.581. The molecule has 20 heavy (non-hydrogen) atoms. The van der Waals surface area contributed by atoms with Crippen LogP contribution in [0.4, 0.5) is 5.69 Å². The van der Waals surface area contributed by atoms with Gasteiger partial charge in [0, 0.05) is 24.6 Å². The first-order valence-corrected chi connectivity index (χ1v) is 6.13. The van der Waals surface area contributed by atoms with Crippen molar-refractivity contribution in [2.45, 2.75) is 32.2 Å². The van der Waals surface area contributed by atoms with Gasteiger partial charge in [0.1, 0.15) is 0 Å². The zero-order chi connectivity index (χ0) is 15.1.